The number of thiazole rings is 1. The molecule has 0 aliphatic carbocycles. The largest absolute Gasteiger partial charge is 0.507 e. The maximum absolute atomic E-state index is 12.3. The van der Waals surface area contributed by atoms with Crippen LogP contribution in [0.5, 0.6) is 5.75 Å². The van der Waals surface area contributed by atoms with E-state index in [1.54, 1.807) is 11.6 Å². The fraction of sp³-hybridized carbons (Fsp3) is 0.200. The minimum atomic E-state index is -0.151. The highest BCUT2D eigenvalue weighted by Gasteiger charge is 2.18. The van der Waals surface area contributed by atoms with Gasteiger partial charge in [-0.2, -0.15) is 0 Å². The maximum Gasteiger partial charge on any atom is 0.268 e. The molecule has 0 bridgehead atoms. The number of aromatic nitrogens is 2. The molecule has 4 rings (SSSR count). The number of phenols is 1. The lowest BCUT2D eigenvalue weighted by molar-refractivity contribution is 0.477. The van der Waals surface area contributed by atoms with Crippen LogP contribution in [0.3, 0.4) is 0 Å². The van der Waals surface area contributed by atoms with E-state index in [1.165, 1.54) is 11.3 Å². The minimum absolute atomic E-state index is 0. The van der Waals surface area contributed by atoms with Gasteiger partial charge in [-0.3, -0.25) is 4.79 Å². The Morgan fingerprint density at radius 2 is 2.00 bits per heavy atom. The summed E-state index contributed by atoms with van der Waals surface area (Å²) in [4.78, 5) is 19.7. The fourth-order valence-electron chi connectivity index (χ4n) is 3.36. The molecule has 140 valence electrons. The van der Waals surface area contributed by atoms with Crippen molar-refractivity contribution in [2.75, 3.05) is 6.54 Å². The van der Waals surface area contributed by atoms with E-state index >= 15 is 0 Å². The number of aromatic amines is 1. The van der Waals surface area contributed by atoms with Crippen molar-refractivity contribution >= 4 is 44.9 Å². The van der Waals surface area contributed by atoms with Gasteiger partial charge in [-0.25, -0.2) is 4.98 Å². The quantitative estimate of drug-likeness (QED) is 0.477. The van der Waals surface area contributed by atoms with Gasteiger partial charge in [-0.05, 0) is 42.1 Å². The Morgan fingerprint density at radius 3 is 2.67 bits per heavy atom. The Balaban J connectivity index is 0.00000210. The van der Waals surface area contributed by atoms with E-state index in [9.17, 15) is 9.90 Å². The first-order chi connectivity index (χ1) is 12.5. The third kappa shape index (κ3) is 3.10. The first kappa shape index (κ1) is 19.4. The van der Waals surface area contributed by atoms with Gasteiger partial charge < -0.3 is 15.8 Å². The number of nitrogens with two attached hydrogens (primary N) is 1. The molecular formula is C20H20ClN3O2S. The van der Waals surface area contributed by atoms with E-state index < -0.39 is 0 Å². The van der Waals surface area contributed by atoms with Gasteiger partial charge in [-0.1, -0.05) is 31.2 Å². The van der Waals surface area contributed by atoms with Crippen molar-refractivity contribution in [3.63, 3.8) is 0 Å². The van der Waals surface area contributed by atoms with E-state index in [0.29, 0.717) is 27.8 Å². The monoisotopic (exact) mass is 401 g/mol. The molecule has 0 aliphatic rings. The Hall–Kier alpha value is -2.41. The molecule has 2 aromatic carbocycles. The summed E-state index contributed by atoms with van der Waals surface area (Å²) in [6.07, 6.45) is 0. The lowest BCUT2D eigenvalue weighted by Gasteiger charge is -2.14. The molecule has 1 atom stereocenters. The zero-order valence-corrected chi connectivity index (χ0v) is 16.6. The zero-order valence-electron chi connectivity index (χ0n) is 14.9. The molecule has 0 aliphatic heterocycles. The Bertz CT molecular complexity index is 1180. The number of pyridine rings is 1. The molecule has 0 unspecified atom stereocenters. The summed E-state index contributed by atoms with van der Waals surface area (Å²) >= 11 is 1.30. The first-order valence-corrected chi connectivity index (χ1v) is 9.31. The number of hydrogen-bond acceptors (Lipinski definition) is 5. The van der Waals surface area contributed by atoms with Crippen molar-refractivity contribution in [2.24, 2.45) is 5.73 Å². The van der Waals surface area contributed by atoms with Gasteiger partial charge in [0.05, 0.1) is 16.5 Å². The highest BCUT2D eigenvalue weighted by molar-refractivity contribution is 7.16. The van der Waals surface area contributed by atoms with Gasteiger partial charge in [0.15, 0.2) is 0 Å². The molecule has 0 spiro atoms. The van der Waals surface area contributed by atoms with Crippen LogP contribution in [0.2, 0.25) is 0 Å². The van der Waals surface area contributed by atoms with Crippen LogP contribution in [-0.2, 0) is 0 Å². The number of benzene rings is 2. The number of aromatic hydroxyl groups is 1. The highest BCUT2D eigenvalue weighted by atomic mass is 35.5. The van der Waals surface area contributed by atoms with E-state index in [1.807, 2.05) is 31.2 Å². The van der Waals surface area contributed by atoms with E-state index in [4.69, 9.17) is 5.73 Å². The SMILES string of the molecule is Cc1cc(O)c(-c2ccc([C@@H](C)CN)cc2)c2c1[nH]c(=O)c1scnc12.Cl. The summed E-state index contributed by atoms with van der Waals surface area (Å²) < 4.78 is 0.567. The molecule has 0 amide bonds. The van der Waals surface area contributed by atoms with Crippen molar-refractivity contribution in [3.8, 4) is 16.9 Å². The lowest BCUT2D eigenvalue weighted by atomic mass is 9.93. The highest BCUT2D eigenvalue weighted by Crippen LogP contribution is 2.40. The second-order valence-electron chi connectivity index (χ2n) is 6.58. The van der Waals surface area contributed by atoms with Crippen LogP contribution >= 0.6 is 23.7 Å². The maximum atomic E-state index is 12.3. The molecular weight excluding hydrogens is 382 g/mol. The number of hydrogen-bond donors (Lipinski definition) is 3. The van der Waals surface area contributed by atoms with Gasteiger partial charge >= 0.3 is 0 Å². The van der Waals surface area contributed by atoms with Crippen LogP contribution in [-0.4, -0.2) is 21.6 Å². The van der Waals surface area contributed by atoms with Gasteiger partial charge in [0.2, 0.25) is 0 Å². The van der Waals surface area contributed by atoms with Crippen molar-refractivity contribution in [1.29, 1.82) is 0 Å². The van der Waals surface area contributed by atoms with Crippen molar-refractivity contribution in [2.45, 2.75) is 19.8 Å². The summed E-state index contributed by atoms with van der Waals surface area (Å²) in [5, 5.41) is 11.5. The zero-order chi connectivity index (χ0) is 18.4. The lowest BCUT2D eigenvalue weighted by Crippen LogP contribution is -2.08. The molecule has 2 aromatic heterocycles. The van der Waals surface area contributed by atoms with Crippen LogP contribution in [0.15, 0.2) is 40.6 Å². The standard InChI is InChI=1S/C20H19N3O2S.ClH/c1-10-7-14(24)15(13-5-3-12(4-6-13)11(2)8-21)16-17(10)23-20(25)19-18(16)22-9-26-19;/h3-7,9,11,24H,8,21H2,1-2H3,(H,23,25);1H/t11-;/m0./s1. The number of nitrogens with zero attached hydrogens (tertiary/aromatic N) is 1. The van der Waals surface area contributed by atoms with Gasteiger partial charge in [0, 0.05) is 10.9 Å². The Morgan fingerprint density at radius 1 is 1.30 bits per heavy atom. The van der Waals surface area contributed by atoms with Crippen LogP contribution in [0.1, 0.15) is 24.0 Å². The number of nitrogens with one attached hydrogen (secondary N) is 1. The van der Waals surface area contributed by atoms with E-state index in [-0.39, 0.29) is 29.6 Å². The van der Waals surface area contributed by atoms with Crippen molar-refractivity contribution < 1.29 is 5.11 Å². The average Bonchev–Trinajstić information content (AvgIpc) is 3.13. The second-order valence-corrected chi connectivity index (χ2v) is 7.44. The van der Waals surface area contributed by atoms with Gasteiger partial charge in [0.1, 0.15) is 10.4 Å². The third-order valence-corrected chi connectivity index (χ3v) is 5.70. The average molecular weight is 402 g/mol. The molecule has 0 saturated heterocycles. The molecule has 27 heavy (non-hydrogen) atoms. The van der Waals surface area contributed by atoms with Crippen LogP contribution in [0.25, 0.3) is 32.2 Å². The topological polar surface area (TPSA) is 92.0 Å². The first-order valence-electron chi connectivity index (χ1n) is 8.43. The third-order valence-electron chi connectivity index (χ3n) is 4.87. The normalized spacial score (nSPS) is 12.3. The Labute approximate surface area is 166 Å². The number of halogens is 1. The second kappa shape index (κ2) is 7.31. The molecule has 0 saturated carbocycles. The van der Waals surface area contributed by atoms with Crippen LogP contribution in [0, 0.1) is 6.92 Å². The van der Waals surface area contributed by atoms with Gasteiger partial charge in [-0.15, -0.1) is 23.7 Å². The fourth-order valence-corrected chi connectivity index (χ4v) is 4.05. The molecule has 7 heteroatoms. The number of aryl methyl sites for hydroxylation is 1. The predicted octanol–water partition coefficient (Wildman–Crippen LogP) is 4.30. The Kier molecular flexibility index (Phi) is 5.24. The molecule has 0 radical (unpaired) electrons. The summed E-state index contributed by atoms with van der Waals surface area (Å²) in [6.45, 7) is 4.53. The summed E-state index contributed by atoms with van der Waals surface area (Å²) in [7, 11) is 0. The van der Waals surface area contributed by atoms with Crippen LogP contribution in [0.4, 0.5) is 0 Å². The predicted molar refractivity (Wildman–Crippen MR) is 114 cm³/mol. The number of phenolic OH excluding ortho intramolecular Hbond substituents is 1. The summed E-state index contributed by atoms with van der Waals surface area (Å²) in [5.41, 5.74) is 12.1. The van der Waals surface area contributed by atoms with Crippen molar-refractivity contribution in [1.82, 2.24) is 9.97 Å². The van der Waals surface area contributed by atoms with Crippen LogP contribution < -0.4 is 11.3 Å². The summed E-state index contributed by atoms with van der Waals surface area (Å²) in [6, 6.07) is 9.70. The molecule has 0 fully saturated rings. The smallest absolute Gasteiger partial charge is 0.268 e. The number of rotatable bonds is 3. The molecule has 5 nitrogen and oxygen atoms in total. The van der Waals surface area contributed by atoms with Gasteiger partial charge in [0.25, 0.3) is 5.56 Å². The molecule has 4 aromatic rings. The van der Waals surface area contributed by atoms with E-state index in [2.05, 4.69) is 16.9 Å². The number of fused-ring (bicyclic) bond motifs is 3. The number of H-pyrrole nitrogens is 1. The summed E-state index contributed by atoms with van der Waals surface area (Å²) in [5.74, 6) is 0.449. The van der Waals surface area contributed by atoms with Crippen molar-refractivity contribution in [3.05, 3.63) is 57.3 Å². The molecule has 4 N–H and O–H groups in total. The van der Waals surface area contributed by atoms with E-state index in [0.717, 1.165) is 22.1 Å². The molecule has 2 heterocycles. The minimum Gasteiger partial charge on any atom is -0.507 e.